The number of ether oxygens (including phenoxy) is 1. The summed E-state index contributed by atoms with van der Waals surface area (Å²) < 4.78 is 6.54. The molecule has 1 rings (SSSR count). The van der Waals surface area contributed by atoms with Gasteiger partial charge in [-0.15, -0.1) is 0 Å². The number of carbonyl (C=O) groups excluding carboxylic acids is 1. The molecule has 0 aliphatic rings. The van der Waals surface area contributed by atoms with E-state index in [1.54, 1.807) is 0 Å². The summed E-state index contributed by atoms with van der Waals surface area (Å²) in [4.78, 5) is 11.4. The topological polar surface area (TPSA) is 38.3 Å². The van der Waals surface area contributed by atoms with E-state index in [1.807, 2.05) is 31.2 Å². The van der Waals surface area contributed by atoms with Crippen molar-refractivity contribution in [3.8, 4) is 5.75 Å². The minimum absolute atomic E-state index is 0.0393. The van der Waals surface area contributed by atoms with E-state index in [-0.39, 0.29) is 5.91 Å². The van der Waals surface area contributed by atoms with E-state index in [2.05, 4.69) is 27.8 Å². The van der Waals surface area contributed by atoms with E-state index in [9.17, 15) is 4.79 Å². The van der Waals surface area contributed by atoms with Gasteiger partial charge < -0.3 is 10.1 Å². The molecule has 0 radical (unpaired) electrons. The summed E-state index contributed by atoms with van der Waals surface area (Å²) in [6.45, 7) is 6.70. The van der Waals surface area contributed by atoms with Gasteiger partial charge in [-0.25, -0.2) is 0 Å². The molecule has 18 heavy (non-hydrogen) atoms. The van der Waals surface area contributed by atoms with Gasteiger partial charge in [-0.3, -0.25) is 4.79 Å². The highest BCUT2D eigenvalue weighted by Crippen LogP contribution is 2.16. The third-order valence-corrected chi connectivity index (χ3v) is 2.75. The zero-order chi connectivity index (χ0) is 13.4. The lowest BCUT2D eigenvalue weighted by atomic mass is 10.3. The predicted molar refractivity (Wildman–Crippen MR) is 76.7 cm³/mol. The first kappa shape index (κ1) is 14.8. The normalized spacial score (nSPS) is 9.89. The summed E-state index contributed by atoms with van der Waals surface area (Å²) in [5.74, 6) is 0.859. The van der Waals surface area contributed by atoms with Crippen molar-refractivity contribution >= 4 is 21.8 Å². The molecule has 1 amide bonds. The van der Waals surface area contributed by atoms with Crippen LogP contribution in [0.4, 0.5) is 0 Å². The van der Waals surface area contributed by atoms with Crippen LogP contribution >= 0.6 is 15.9 Å². The van der Waals surface area contributed by atoms with Crippen LogP contribution in [0.5, 0.6) is 5.75 Å². The largest absolute Gasteiger partial charge is 0.494 e. The molecule has 1 aromatic carbocycles. The van der Waals surface area contributed by atoms with Gasteiger partial charge in [0.05, 0.1) is 6.61 Å². The lowest BCUT2D eigenvalue weighted by molar-refractivity contribution is -0.121. The Labute approximate surface area is 116 Å². The fraction of sp³-hybridized carbons (Fsp3) is 0.357. The summed E-state index contributed by atoms with van der Waals surface area (Å²) >= 11 is 3.36. The first-order chi connectivity index (χ1) is 8.58. The molecule has 0 heterocycles. The molecule has 0 spiro atoms. The van der Waals surface area contributed by atoms with E-state index in [4.69, 9.17) is 4.74 Å². The number of hydrogen-bond donors (Lipinski definition) is 1. The van der Waals surface area contributed by atoms with Gasteiger partial charge >= 0.3 is 0 Å². The molecule has 0 fully saturated rings. The van der Waals surface area contributed by atoms with E-state index in [0.29, 0.717) is 26.0 Å². The van der Waals surface area contributed by atoms with Gasteiger partial charge in [0.25, 0.3) is 0 Å². The number of rotatable bonds is 7. The Morgan fingerprint density at radius 2 is 2.06 bits per heavy atom. The smallest absolute Gasteiger partial charge is 0.220 e. The van der Waals surface area contributed by atoms with Gasteiger partial charge in [0.2, 0.25) is 5.91 Å². The van der Waals surface area contributed by atoms with Crippen LogP contribution in [0, 0.1) is 0 Å². The number of benzene rings is 1. The van der Waals surface area contributed by atoms with Crippen LogP contribution in [-0.4, -0.2) is 19.1 Å². The minimum Gasteiger partial charge on any atom is -0.494 e. The molecule has 0 aromatic heterocycles. The monoisotopic (exact) mass is 311 g/mol. The Bertz CT molecular complexity index is 401. The second-order valence-corrected chi connectivity index (χ2v) is 5.06. The van der Waals surface area contributed by atoms with Crippen molar-refractivity contribution < 1.29 is 9.53 Å². The zero-order valence-electron chi connectivity index (χ0n) is 10.5. The highest BCUT2D eigenvalue weighted by molar-refractivity contribution is 9.10. The van der Waals surface area contributed by atoms with Crippen LogP contribution < -0.4 is 10.1 Å². The van der Waals surface area contributed by atoms with Crippen LogP contribution in [-0.2, 0) is 4.79 Å². The molecule has 4 heteroatoms. The highest BCUT2D eigenvalue weighted by atomic mass is 79.9. The Hall–Kier alpha value is -1.29. The summed E-state index contributed by atoms with van der Waals surface area (Å²) in [5.41, 5.74) is 0.953. The molecule has 0 aliphatic carbocycles. The third-order valence-electron chi connectivity index (χ3n) is 2.22. The first-order valence-corrected chi connectivity index (χ1v) is 6.66. The Morgan fingerprint density at radius 1 is 1.39 bits per heavy atom. The zero-order valence-corrected chi connectivity index (χ0v) is 12.1. The SMILES string of the molecule is C=C(C)CNC(=O)CCCOc1ccc(Br)cc1. The first-order valence-electron chi connectivity index (χ1n) is 5.87. The molecular weight excluding hydrogens is 294 g/mol. The fourth-order valence-electron chi connectivity index (χ4n) is 1.29. The van der Waals surface area contributed by atoms with Crippen LogP contribution in [0.15, 0.2) is 40.9 Å². The molecule has 3 nitrogen and oxygen atoms in total. The summed E-state index contributed by atoms with van der Waals surface area (Å²) in [6.07, 6.45) is 1.18. The van der Waals surface area contributed by atoms with Crippen molar-refractivity contribution in [2.24, 2.45) is 0 Å². The predicted octanol–water partition coefficient (Wildman–Crippen LogP) is 3.30. The second-order valence-electron chi connectivity index (χ2n) is 4.14. The Kier molecular flexibility index (Phi) is 6.50. The molecular formula is C14H18BrNO2. The van der Waals surface area contributed by atoms with Crippen LogP contribution in [0.1, 0.15) is 19.8 Å². The van der Waals surface area contributed by atoms with E-state index >= 15 is 0 Å². The molecule has 1 N–H and O–H groups in total. The summed E-state index contributed by atoms with van der Waals surface area (Å²) in [5, 5.41) is 2.79. The summed E-state index contributed by atoms with van der Waals surface area (Å²) in [6, 6.07) is 7.64. The quantitative estimate of drug-likeness (QED) is 0.620. The number of halogens is 1. The minimum atomic E-state index is 0.0393. The average molecular weight is 312 g/mol. The molecule has 0 unspecified atom stereocenters. The molecule has 0 atom stereocenters. The van der Waals surface area contributed by atoms with E-state index in [1.165, 1.54) is 0 Å². The van der Waals surface area contributed by atoms with Crippen molar-refractivity contribution in [2.45, 2.75) is 19.8 Å². The van der Waals surface area contributed by atoms with Gasteiger partial charge in [-0.1, -0.05) is 28.1 Å². The van der Waals surface area contributed by atoms with E-state index in [0.717, 1.165) is 15.8 Å². The standard InChI is InChI=1S/C14H18BrNO2/c1-11(2)10-16-14(17)4-3-9-18-13-7-5-12(15)6-8-13/h5-8H,1,3-4,9-10H2,2H3,(H,16,17). The van der Waals surface area contributed by atoms with Gasteiger partial charge in [0, 0.05) is 17.4 Å². The molecule has 98 valence electrons. The van der Waals surface area contributed by atoms with Crippen molar-refractivity contribution in [1.29, 1.82) is 0 Å². The fourth-order valence-corrected chi connectivity index (χ4v) is 1.56. The van der Waals surface area contributed by atoms with Crippen LogP contribution in [0.2, 0.25) is 0 Å². The Balaban J connectivity index is 2.13. The third kappa shape index (κ3) is 6.45. The summed E-state index contributed by atoms with van der Waals surface area (Å²) in [7, 11) is 0. The van der Waals surface area contributed by atoms with Crippen molar-refractivity contribution in [3.63, 3.8) is 0 Å². The average Bonchev–Trinajstić information content (AvgIpc) is 2.34. The molecule has 0 aliphatic heterocycles. The van der Waals surface area contributed by atoms with Gasteiger partial charge in [0.1, 0.15) is 5.75 Å². The molecule has 0 bridgehead atoms. The lowest BCUT2D eigenvalue weighted by Gasteiger charge is -2.07. The van der Waals surface area contributed by atoms with Gasteiger partial charge in [0.15, 0.2) is 0 Å². The second kappa shape index (κ2) is 7.93. The maximum Gasteiger partial charge on any atom is 0.220 e. The van der Waals surface area contributed by atoms with Crippen molar-refractivity contribution in [1.82, 2.24) is 5.32 Å². The maximum absolute atomic E-state index is 11.4. The number of carbonyl (C=O) groups is 1. The van der Waals surface area contributed by atoms with E-state index < -0.39 is 0 Å². The van der Waals surface area contributed by atoms with Crippen molar-refractivity contribution in [2.75, 3.05) is 13.2 Å². The highest BCUT2D eigenvalue weighted by Gasteiger charge is 2.01. The van der Waals surface area contributed by atoms with Crippen LogP contribution in [0.3, 0.4) is 0 Å². The molecule has 1 aromatic rings. The van der Waals surface area contributed by atoms with Crippen molar-refractivity contribution in [3.05, 3.63) is 40.9 Å². The van der Waals surface area contributed by atoms with Gasteiger partial charge in [-0.05, 0) is 37.6 Å². The lowest BCUT2D eigenvalue weighted by Crippen LogP contribution is -2.24. The molecule has 0 saturated carbocycles. The number of amides is 1. The number of hydrogen-bond acceptors (Lipinski definition) is 2. The molecule has 0 saturated heterocycles. The maximum atomic E-state index is 11.4. The van der Waals surface area contributed by atoms with Gasteiger partial charge in [-0.2, -0.15) is 0 Å². The Morgan fingerprint density at radius 3 is 2.67 bits per heavy atom. The number of nitrogens with one attached hydrogen (secondary N) is 1. The van der Waals surface area contributed by atoms with Crippen LogP contribution in [0.25, 0.3) is 0 Å².